The Morgan fingerprint density at radius 2 is 1.91 bits per heavy atom. The number of hydrogen-bond donors (Lipinski definition) is 1. The number of amides is 1. The number of piperazine rings is 1. The number of carbonyl (C=O) groups excluding carboxylic acids is 1. The molecule has 14 heteroatoms. The molecule has 0 aliphatic carbocycles. The van der Waals surface area contributed by atoms with Crippen LogP contribution in [-0.4, -0.2) is 112 Å². The number of halogens is 4. The number of likely N-dealkylation sites (N-methyl/N-ethyl adjacent to an activating group) is 2. The van der Waals surface area contributed by atoms with Gasteiger partial charge in [-0.3, -0.25) is 14.6 Å². The maximum Gasteiger partial charge on any atom is 0.405 e. The van der Waals surface area contributed by atoms with Gasteiger partial charge in [0.25, 0.3) is 0 Å². The van der Waals surface area contributed by atoms with Crippen LogP contribution >= 0.6 is 0 Å². The zero-order valence-corrected chi connectivity index (χ0v) is 20.0. The highest BCUT2D eigenvalue weighted by Gasteiger charge is 2.47. The highest BCUT2D eigenvalue weighted by Crippen LogP contribution is 2.30. The number of carbonyl (C=O) groups is 1. The summed E-state index contributed by atoms with van der Waals surface area (Å²) in [4.78, 5) is 20.0. The number of hydrogen-bond acceptors (Lipinski definition) is 7. The van der Waals surface area contributed by atoms with E-state index in [0.29, 0.717) is 39.1 Å². The summed E-state index contributed by atoms with van der Waals surface area (Å²) in [5, 5.41) is 2.73. The van der Waals surface area contributed by atoms with E-state index < -0.39 is 39.5 Å². The lowest BCUT2D eigenvalue weighted by molar-refractivity contribution is -0.188. The number of sulfonamides is 1. The molecule has 1 aromatic rings. The normalized spacial score (nSPS) is 21.9. The van der Waals surface area contributed by atoms with Gasteiger partial charge in [-0.25, -0.2) is 17.8 Å². The van der Waals surface area contributed by atoms with Gasteiger partial charge in [-0.1, -0.05) is 0 Å². The quantitative estimate of drug-likeness (QED) is 0.565. The molecule has 0 radical (unpaired) electrons. The summed E-state index contributed by atoms with van der Waals surface area (Å²) in [6, 6.07) is -1.12. The van der Waals surface area contributed by atoms with Crippen LogP contribution in [0.1, 0.15) is 13.3 Å². The van der Waals surface area contributed by atoms with Crippen molar-refractivity contribution in [2.24, 2.45) is 0 Å². The van der Waals surface area contributed by atoms with Crippen LogP contribution in [0, 0.1) is 5.82 Å². The SMILES string of the molecule is CCNC(=O)CN1CCCN(c2ncc(S(=O)(=O)N3CCN(C)C(C(F)(F)F)C3)cc2F)CC1. The largest absolute Gasteiger partial charge is 0.405 e. The minimum absolute atomic E-state index is 0.0228. The molecule has 3 heterocycles. The standard InChI is InChI=1S/C20H30F4N6O3S/c1-3-25-18(31)14-28-5-4-6-29(9-8-28)19-16(21)11-15(12-26-19)34(32,33)30-10-7-27(2)17(13-30)20(22,23)24/h11-12,17H,3-10,13-14H2,1-2H3,(H,25,31). The Hall–Kier alpha value is -2.03. The van der Waals surface area contributed by atoms with E-state index in [1.807, 2.05) is 11.8 Å². The van der Waals surface area contributed by atoms with Crippen molar-refractivity contribution >= 4 is 21.7 Å². The van der Waals surface area contributed by atoms with Crippen LogP contribution < -0.4 is 10.2 Å². The van der Waals surface area contributed by atoms with Crippen LogP contribution in [0.3, 0.4) is 0 Å². The van der Waals surface area contributed by atoms with Crippen molar-refractivity contribution in [3.63, 3.8) is 0 Å². The van der Waals surface area contributed by atoms with Crippen molar-refractivity contribution < 1.29 is 30.8 Å². The van der Waals surface area contributed by atoms with E-state index in [2.05, 4.69) is 10.3 Å². The Labute approximate surface area is 196 Å². The average molecular weight is 511 g/mol. The first-order valence-electron chi connectivity index (χ1n) is 11.1. The fourth-order valence-electron chi connectivity index (χ4n) is 4.15. The van der Waals surface area contributed by atoms with Crippen molar-refractivity contribution in [3.8, 4) is 0 Å². The molecule has 3 rings (SSSR count). The predicted octanol–water partition coefficient (Wildman–Crippen LogP) is 0.736. The molecule has 0 spiro atoms. The monoisotopic (exact) mass is 510 g/mol. The van der Waals surface area contributed by atoms with Crippen LogP contribution in [0.2, 0.25) is 0 Å². The lowest BCUT2D eigenvalue weighted by Gasteiger charge is -2.39. The Morgan fingerprint density at radius 3 is 2.56 bits per heavy atom. The molecular formula is C20H30F4N6O3S. The van der Waals surface area contributed by atoms with Crippen LogP contribution in [0.5, 0.6) is 0 Å². The second-order valence-corrected chi connectivity index (χ2v) is 10.4. The molecule has 0 aromatic carbocycles. The summed E-state index contributed by atoms with van der Waals surface area (Å²) in [6.07, 6.45) is -2.94. The van der Waals surface area contributed by atoms with Crippen molar-refractivity contribution in [1.29, 1.82) is 0 Å². The predicted molar refractivity (Wildman–Crippen MR) is 117 cm³/mol. The van der Waals surface area contributed by atoms with Crippen molar-refractivity contribution in [2.45, 2.75) is 30.5 Å². The molecule has 34 heavy (non-hydrogen) atoms. The molecule has 0 bridgehead atoms. The van der Waals surface area contributed by atoms with Gasteiger partial charge in [0.05, 0.1) is 6.54 Å². The molecular weight excluding hydrogens is 480 g/mol. The second kappa shape index (κ2) is 10.7. The molecule has 9 nitrogen and oxygen atoms in total. The van der Waals surface area contributed by atoms with E-state index >= 15 is 0 Å². The highest BCUT2D eigenvalue weighted by molar-refractivity contribution is 7.89. The van der Waals surface area contributed by atoms with Gasteiger partial charge in [-0.15, -0.1) is 0 Å². The van der Waals surface area contributed by atoms with Crippen LogP contribution in [-0.2, 0) is 14.8 Å². The van der Waals surface area contributed by atoms with Crippen molar-refractivity contribution in [2.75, 3.05) is 70.9 Å². The van der Waals surface area contributed by atoms with E-state index in [9.17, 15) is 30.8 Å². The van der Waals surface area contributed by atoms with Crippen molar-refractivity contribution in [1.82, 2.24) is 24.4 Å². The minimum atomic E-state index is -4.59. The molecule has 1 amide bonds. The third kappa shape index (κ3) is 6.15. The number of nitrogens with one attached hydrogen (secondary N) is 1. The van der Waals surface area contributed by atoms with Gasteiger partial charge in [0.2, 0.25) is 15.9 Å². The van der Waals surface area contributed by atoms with E-state index in [0.717, 1.165) is 21.5 Å². The smallest absolute Gasteiger partial charge is 0.355 e. The molecule has 2 fully saturated rings. The molecule has 1 unspecified atom stereocenters. The van der Waals surface area contributed by atoms with Gasteiger partial charge in [-0.05, 0) is 26.5 Å². The number of rotatable bonds is 6. The van der Waals surface area contributed by atoms with E-state index in [1.165, 1.54) is 7.05 Å². The summed E-state index contributed by atoms with van der Waals surface area (Å²) in [6.45, 7) is 3.60. The number of aromatic nitrogens is 1. The minimum Gasteiger partial charge on any atom is -0.355 e. The third-order valence-corrected chi connectivity index (χ3v) is 7.88. The fourth-order valence-corrected chi connectivity index (χ4v) is 5.55. The second-order valence-electron chi connectivity index (χ2n) is 8.45. The summed E-state index contributed by atoms with van der Waals surface area (Å²) < 4.78 is 81.4. The summed E-state index contributed by atoms with van der Waals surface area (Å²) in [5.41, 5.74) is 0. The molecule has 0 saturated carbocycles. The van der Waals surface area contributed by atoms with Gasteiger partial charge in [0, 0.05) is 58.6 Å². The first kappa shape index (κ1) is 26.6. The third-order valence-electron chi connectivity index (χ3n) is 6.05. The number of pyridine rings is 1. The Kier molecular flexibility index (Phi) is 8.37. The molecule has 192 valence electrons. The van der Waals surface area contributed by atoms with Gasteiger partial charge < -0.3 is 10.2 Å². The molecule has 1 N–H and O–H groups in total. The lowest BCUT2D eigenvalue weighted by atomic mass is 10.2. The van der Waals surface area contributed by atoms with E-state index in [-0.39, 0.29) is 31.4 Å². The van der Waals surface area contributed by atoms with Crippen LogP contribution in [0.25, 0.3) is 0 Å². The lowest BCUT2D eigenvalue weighted by Crippen LogP contribution is -2.58. The molecule has 2 aliphatic heterocycles. The summed E-state index contributed by atoms with van der Waals surface area (Å²) in [5.74, 6) is -0.975. The summed E-state index contributed by atoms with van der Waals surface area (Å²) >= 11 is 0. The Bertz CT molecular complexity index is 978. The summed E-state index contributed by atoms with van der Waals surface area (Å²) in [7, 11) is -3.06. The van der Waals surface area contributed by atoms with Gasteiger partial charge in [0.1, 0.15) is 10.9 Å². The number of alkyl halides is 3. The first-order valence-corrected chi connectivity index (χ1v) is 12.5. The van der Waals surface area contributed by atoms with Gasteiger partial charge in [-0.2, -0.15) is 17.5 Å². The average Bonchev–Trinajstić information content (AvgIpc) is 2.98. The number of nitrogens with zero attached hydrogens (tertiary/aromatic N) is 5. The Balaban J connectivity index is 1.71. The first-order chi connectivity index (χ1) is 15.9. The topological polar surface area (TPSA) is 89.1 Å². The van der Waals surface area contributed by atoms with Crippen LogP contribution in [0.15, 0.2) is 17.2 Å². The molecule has 2 aliphatic rings. The Morgan fingerprint density at radius 1 is 1.18 bits per heavy atom. The van der Waals surface area contributed by atoms with Crippen LogP contribution in [0.4, 0.5) is 23.4 Å². The maximum absolute atomic E-state index is 14.9. The zero-order chi connectivity index (χ0) is 25.1. The molecule has 2 saturated heterocycles. The highest BCUT2D eigenvalue weighted by atomic mass is 32.2. The zero-order valence-electron chi connectivity index (χ0n) is 19.2. The molecule has 1 atom stereocenters. The fraction of sp³-hybridized carbons (Fsp3) is 0.700. The van der Waals surface area contributed by atoms with Gasteiger partial charge in [0.15, 0.2) is 11.6 Å². The van der Waals surface area contributed by atoms with E-state index in [4.69, 9.17) is 0 Å². The van der Waals surface area contributed by atoms with E-state index in [1.54, 1.807) is 4.90 Å². The maximum atomic E-state index is 14.9. The van der Waals surface area contributed by atoms with Gasteiger partial charge >= 0.3 is 6.18 Å². The number of anilines is 1. The molecule has 1 aromatic heterocycles. The van der Waals surface area contributed by atoms with Crippen molar-refractivity contribution in [3.05, 3.63) is 18.1 Å².